The van der Waals surface area contributed by atoms with E-state index in [0.29, 0.717) is 23.3 Å². The van der Waals surface area contributed by atoms with Gasteiger partial charge in [-0.2, -0.15) is 0 Å². The molecule has 0 N–H and O–H groups in total. The summed E-state index contributed by atoms with van der Waals surface area (Å²) in [5.41, 5.74) is 2.45. The van der Waals surface area contributed by atoms with Gasteiger partial charge in [0.25, 0.3) is 11.5 Å². The zero-order chi connectivity index (χ0) is 23.7. The van der Waals surface area contributed by atoms with E-state index in [9.17, 15) is 14.4 Å². The molecule has 0 saturated heterocycles. The number of rotatable bonds is 7. The van der Waals surface area contributed by atoms with E-state index in [1.807, 2.05) is 30.3 Å². The van der Waals surface area contributed by atoms with Gasteiger partial charge < -0.3 is 14.4 Å². The SMILES string of the molecule is COc1ccc2c(c1)CCCN2C(=O)COC(=O)CCc1nc2ccccc2c(=O)n1C1CC1. The molecule has 1 saturated carbocycles. The van der Waals surface area contributed by atoms with E-state index in [4.69, 9.17) is 9.47 Å². The summed E-state index contributed by atoms with van der Waals surface area (Å²) in [7, 11) is 1.62. The number of anilines is 1. The number of carbonyl (C=O) groups is 2. The van der Waals surface area contributed by atoms with Crippen LogP contribution in [0.2, 0.25) is 0 Å². The monoisotopic (exact) mass is 461 g/mol. The molecule has 8 heteroatoms. The van der Waals surface area contributed by atoms with Crippen LogP contribution in [0.1, 0.15) is 43.1 Å². The lowest BCUT2D eigenvalue weighted by atomic mass is 10.0. The summed E-state index contributed by atoms with van der Waals surface area (Å²) < 4.78 is 12.3. The number of fused-ring (bicyclic) bond motifs is 2. The second-order valence-corrected chi connectivity index (χ2v) is 8.76. The maximum atomic E-state index is 13.0. The highest BCUT2D eigenvalue weighted by Gasteiger charge is 2.29. The number of para-hydroxylation sites is 1. The van der Waals surface area contributed by atoms with Crippen LogP contribution in [0.15, 0.2) is 47.3 Å². The molecule has 1 aromatic heterocycles. The molecular weight excluding hydrogens is 434 g/mol. The van der Waals surface area contributed by atoms with Crippen LogP contribution < -0.4 is 15.2 Å². The fourth-order valence-corrected chi connectivity index (χ4v) is 4.54. The Hall–Kier alpha value is -3.68. The summed E-state index contributed by atoms with van der Waals surface area (Å²) in [6.45, 7) is 0.273. The Bertz CT molecular complexity index is 1310. The van der Waals surface area contributed by atoms with E-state index in [-0.39, 0.29) is 37.0 Å². The van der Waals surface area contributed by atoms with Crippen LogP contribution in [-0.4, -0.2) is 41.7 Å². The number of benzene rings is 2. The van der Waals surface area contributed by atoms with E-state index in [2.05, 4.69) is 4.98 Å². The zero-order valence-corrected chi connectivity index (χ0v) is 19.2. The van der Waals surface area contributed by atoms with Gasteiger partial charge in [0.05, 0.1) is 24.4 Å². The minimum absolute atomic E-state index is 0.0541. The molecule has 2 aromatic carbocycles. The number of carbonyl (C=O) groups excluding carboxylic acids is 2. The molecular formula is C26H27N3O5. The number of esters is 1. The molecule has 5 rings (SSSR count). The molecule has 0 atom stereocenters. The van der Waals surface area contributed by atoms with Crippen molar-refractivity contribution in [1.29, 1.82) is 0 Å². The van der Waals surface area contributed by atoms with Gasteiger partial charge in [-0.3, -0.25) is 19.0 Å². The van der Waals surface area contributed by atoms with Crippen LogP contribution in [0, 0.1) is 0 Å². The molecule has 3 aromatic rings. The van der Waals surface area contributed by atoms with Crippen LogP contribution in [0.4, 0.5) is 5.69 Å². The van der Waals surface area contributed by atoms with Crippen LogP contribution >= 0.6 is 0 Å². The number of methoxy groups -OCH3 is 1. The molecule has 2 aliphatic rings. The average molecular weight is 462 g/mol. The van der Waals surface area contributed by atoms with E-state index in [1.54, 1.807) is 28.7 Å². The topological polar surface area (TPSA) is 90.7 Å². The molecule has 1 amide bonds. The van der Waals surface area contributed by atoms with Crippen LogP contribution in [0.5, 0.6) is 5.75 Å². The van der Waals surface area contributed by atoms with Crippen LogP contribution in [-0.2, 0) is 27.2 Å². The lowest BCUT2D eigenvalue weighted by Crippen LogP contribution is -2.38. The Kier molecular flexibility index (Phi) is 6.04. The Morgan fingerprint density at radius 1 is 1.15 bits per heavy atom. The predicted octanol–water partition coefficient (Wildman–Crippen LogP) is 3.20. The summed E-state index contributed by atoms with van der Waals surface area (Å²) >= 11 is 0. The van der Waals surface area contributed by atoms with Gasteiger partial charge in [-0.05, 0) is 61.6 Å². The highest BCUT2D eigenvalue weighted by atomic mass is 16.5. The van der Waals surface area contributed by atoms with E-state index >= 15 is 0 Å². The van der Waals surface area contributed by atoms with Crippen molar-refractivity contribution < 1.29 is 19.1 Å². The number of nitrogens with zero attached hydrogens (tertiary/aromatic N) is 3. The number of amides is 1. The fourth-order valence-electron chi connectivity index (χ4n) is 4.54. The van der Waals surface area contributed by atoms with Crippen molar-refractivity contribution in [2.45, 2.75) is 44.6 Å². The molecule has 1 aliphatic carbocycles. The zero-order valence-electron chi connectivity index (χ0n) is 19.2. The van der Waals surface area contributed by atoms with Gasteiger partial charge in [-0.1, -0.05) is 12.1 Å². The van der Waals surface area contributed by atoms with Gasteiger partial charge in [-0.25, -0.2) is 4.98 Å². The van der Waals surface area contributed by atoms with Crippen molar-refractivity contribution in [3.8, 4) is 5.75 Å². The number of aryl methyl sites for hydroxylation is 2. The van der Waals surface area contributed by atoms with Gasteiger partial charge in [0.1, 0.15) is 11.6 Å². The highest BCUT2D eigenvalue weighted by molar-refractivity contribution is 5.96. The largest absolute Gasteiger partial charge is 0.497 e. The summed E-state index contributed by atoms with van der Waals surface area (Å²) in [5.74, 6) is 0.614. The summed E-state index contributed by atoms with van der Waals surface area (Å²) in [5, 5.41) is 0.589. The lowest BCUT2D eigenvalue weighted by Gasteiger charge is -2.29. The first-order valence-corrected chi connectivity index (χ1v) is 11.7. The normalized spacial score (nSPS) is 15.1. The standard InChI is InChI=1S/C26H27N3O5/c1-33-19-10-11-22-17(15-19)5-4-14-28(22)24(30)16-34-25(31)13-12-23-27-21-7-3-2-6-20(21)26(32)29(23)18-8-9-18/h2-3,6-7,10-11,15,18H,4-5,8-9,12-14,16H2,1H3. The second kappa shape index (κ2) is 9.29. The molecule has 0 radical (unpaired) electrons. The minimum Gasteiger partial charge on any atom is -0.497 e. The Morgan fingerprint density at radius 2 is 1.97 bits per heavy atom. The van der Waals surface area contributed by atoms with Crippen molar-refractivity contribution in [3.63, 3.8) is 0 Å². The van der Waals surface area contributed by atoms with E-state index in [1.165, 1.54) is 0 Å². The molecule has 0 bridgehead atoms. The minimum atomic E-state index is -0.481. The van der Waals surface area contributed by atoms with E-state index < -0.39 is 5.97 Å². The molecule has 0 spiro atoms. The Labute approximate surface area is 197 Å². The van der Waals surface area contributed by atoms with Crippen molar-refractivity contribution in [3.05, 3.63) is 64.2 Å². The second-order valence-electron chi connectivity index (χ2n) is 8.76. The smallest absolute Gasteiger partial charge is 0.306 e. The molecule has 2 heterocycles. The highest BCUT2D eigenvalue weighted by Crippen LogP contribution is 2.35. The maximum absolute atomic E-state index is 13.0. The van der Waals surface area contributed by atoms with Crippen molar-refractivity contribution >= 4 is 28.5 Å². The van der Waals surface area contributed by atoms with Crippen molar-refractivity contribution in [2.24, 2.45) is 0 Å². The van der Waals surface area contributed by atoms with Crippen molar-refractivity contribution in [1.82, 2.24) is 9.55 Å². The van der Waals surface area contributed by atoms with Gasteiger partial charge in [0, 0.05) is 24.7 Å². The third kappa shape index (κ3) is 4.40. The van der Waals surface area contributed by atoms with Gasteiger partial charge in [0.15, 0.2) is 6.61 Å². The summed E-state index contributed by atoms with van der Waals surface area (Å²) in [4.78, 5) is 44.5. The number of ether oxygens (including phenoxy) is 2. The number of hydrogen-bond acceptors (Lipinski definition) is 6. The Balaban J connectivity index is 1.23. The van der Waals surface area contributed by atoms with Gasteiger partial charge in [-0.15, -0.1) is 0 Å². The third-order valence-corrected chi connectivity index (χ3v) is 6.41. The van der Waals surface area contributed by atoms with Crippen LogP contribution in [0.25, 0.3) is 10.9 Å². The van der Waals surface area contributed by atoms with Crippen LogP contribution in [0.3, 0.4) is 0 Å². The fraction of sp³-hybridized carbons (Fsp3) is 0.385. The Morgan fingerprint density at radius 3 is 2.76 bits per heavy atom. The first kappa shape index (κ1) is 22.1. The third-order valence-electron chi connectivity index (χ3n) is 6.41. The first-order valence-electron chi connectivity index (χ1n) is 11.7. The summed E-state index contributed by atoms with van der Waals surface area (Å²) in [6, 6.07) is 13.0. The van der Waals surface area contributed by atoms with Gasteiger partial charge in [0.2, 0.25) is 0 Å². The molecule has 0 unspecified atom stereocenters. The first-order chi connectivity index (χ1) is 16.5. The van der Waals surface area contributed by atoms with Gasteiger partial charge >= 0.3 is 5.97 Å². The van der Waals surface area contributed by atoms with E-state index in [0.717, 1.165) is 42.7 Å². The summed E-state index contributed by atoms with van der Waals surface area (Å²) in [6.07, 6.45) is 3.93. The number of aromatic nitrogens is 2. The predicted molar refractivity (Wildman–Crippen MR) is 127 cm³/mol. The molecule has 1 fully saturated rings. The molecule has 34 heavy (non-hydrogen) atoms. The quantitative estimate of drug-likeness (QED) is 0.502. The number of hydrogen-bond donors (Lipinski definition) is 0. The average Bonchev–Trinajstić information content (AvgIpc) is 3.70. The lowest BCUT2D eigenvalue weighted by molar-refractivity contribution is -0.147. The molecule has 176 valence electrons. The maximum Gasteiger partial charge on any atom is 0.306 e. The van der Waals surface area contributed by atoms with Crippen molar-refractivity contribution in [2.75, 3.05) is 25.2 Å². The molecule has 8 nitrogen and oxygen atoms in total. The molecule has 1 aliphatic heterocycles.